The highest BCUT2D eigenvalue weighted by atomic mass is 16.5. The van der Waals surface area contributed by atoms with E-state index in [1.54, 1.807) is 4.68 Å². The van der Waals surface area contributed by atoms with Crippen LogP contribution < -0.4 is 5.32 Å². The van der Waals surface area contributed by atoms with Crippen molar-refractivity contribution in [2.24, 2.45) is 0 Å². The molecule has 2 aromatic carbocycles. The highest BCUT2D eigenvalue weighted by Gasteiger charge is 2.23. The summed E-state index contributed by atoms with van der Waals surface area (Å²) in [4.78, 5) is 27.0. The summed E-state index contributed by atoms with van der Waals surface area (Å²) in [5, 5.41) is 7.70. The van der Waals surface area contributed by atoms with E-state index in [1.807, 2.05) is 74.5 Å². The zero-order valence-corrected chi connectivity index (χ0v) is 20.7. The van der Waals surface area contributed by atoms with Gasteiger partial charge < -0.3 is 15.0 Å². The average molecular weight is 463 g/mol. The Hall–Kier alpha value is -3.45. The largest absolute Gasteiger partial charge is 0.367 e. The summed E-state index contributed by atoms with van der Waals surface area (Å²) in [6, 6.07) is 19.5. The molecule has 1 aromatic heterocycles. The van der Waals surface area contributed by atoms with E-state index in [0.717, 1.165) is 22.5 Å². The SMILES string of the molecule is CCN(CC(=O)Nc1cc(C(C)(C)C)nn1-c1cccc(C)c1)C(=O)COCc1ccccc1. The number of hydrogen-bond acceptors (Lipinski definition) is 4. The summed E-state index contributed by atoms with van der Waals surface area (Å²) < 4.78 is 7.30. The topological polar surface area (TPSA) is 76.5 Å². The third-order valence-electron chi connectivity index (χ3n) is 5.40. The Morgan fingerprint density at radius 2 is 1.79 bits per heavy atom. The van der Waals surface area contributed by atoms with E-state index in [9.17, 15) is 9.59 Å². The van der Waals surface area contributed by atoms with Gasteiger partial charge in [0.15, 0.2) is 0 Å². The van der Waals surface area contributed by atoms with Crippen LogP contribution in [0.4, 0.5) is 5.82 Å². The van der Waals surface area contributed by atoms with Crippen LogP contribution in [-0.2, 0) is 26.3 Å². The van der Waals surface area contributed by atoms with Crippen LogP contribution in [0.2, 0.25) is 0 Å². The summed E-state index contributed by atoms with van der Waals surface area (Å²) >= 11 is 0. The third kappa shape index (κ3) is 6.78. The Morgan fingerprint density at radius 1 is 1.06 bits per heavy atom. The lowest BCUT2D eigenvalue weighted by Gasteiger charge is -2.20. The van der Waals surface area contributed by atoms with E-state index in [-0.39, 0.29) is 30.4 Å². The van der Waals surface area contributed by atoms with Gasteiger partial charge in [-0.3, -0.25) is 9.59 Å². The first-order valence-corrected chi connectivity index (χ1v) is 11.5. The molecule has 1 heterocycles. The van der Waals surface area contributed by atoms with Crippen molar-refractivity contribution in [3.05, 3.63) is 77.5 Å². The first kappa shape index (κ1) is 25.2. The van der Waals surface area contributed by atoms with Crippen molar-refractivity contribution in [2.75, 3.05) is 25.0 Å². The highest BCUT2D eigenvalue weighted by molar-refractivity contribution is 5.94. The van der Waals surface area contributed by atoms with E-state index in [1.165, 1.54) is 4.90 Å². The van der Waals surface area contributed by atoms with Crippen molar-refractivity contribution in [2.45, 2.75) is 46.6 Å². The van der Waals surface area contributed by atoms with Crippen LogP contribution in [0.15, 0.2) is 60.7 Å². The standard InChI is InChI=1S/C27H34N4O3/c1-6-30(26(33)19-34-18-21-12-8-7-9-13-21)17-25(32)28-24-16-23(27(3,4)5)29-31(24)22-14-10-11-20(2)15-22/h7-16H,6,17-19H2,1-5H3,(H,28,32). The zero-order chi connectivity index (χ0) is 24.7. The fourth-order valence-corrected chi connectivity index (χ4v) is 3.45. The third-order valence-corrected chi connectivity index (χ3v) is 5.40. The molecule has 0 aliphatic rings. The number of aryl methyl sites for hydroxylation is 1. The van der Waals surface area contributed by atoms with Gasteiger partial charge in [0.2, 0.25) is 11.8 Å². The zero-order valence-electron chi connectivity index (χ0n) is 20.7. The smallest absolute Gasteiger partial charge is 0.249 e. The lowest BCUT2D eigenvalue weighted by Crippen LogP contribution is -2.40. The molecule has 3 rings (SSSR count). The van der Waals surface area contributed by atoms with Gasteiger partial charge >= 0.3 is 0 Å². The summed E-state index contributed by atoms with van der Waals surface area (Å²) in [5.74, 6) is 0.0630. The van der Waals surface area contributed by atoms with Crippen molar-refractivity contribution >= 4 is 17.6 Å². The number of likely N-dealkylation sites (N-methyl/N-ethyl adjacent to an activating group) is 1. The molecular weight excluding hydrogens is 428 g/mol. The fourth-order valence-electron chi connectivity index (χ4n) is 3.45. The number of nitrogens with zero attached hydrogens (tertiary/aromatic N) is 3. The van der Waals surface area contributed by atoms with Crippen LogP contribution in [0, 0.1) is 6.92 Å². The number of aromatic nitrogens is 2. The molecule has 1 N–H and O–H groups in total. The molecule has 0 fully saturated rings. The maximum absolute atomic E-state index is 12.9. The number of carbonyl (C=O) groups is 2. The molecule has 7 heteroatoms. The second-order valence-corrected chi connectivity index (χ2v) is 9.35. The fraction of sp³-hybridized carbons (Fsp3) is 0.370. The number of amides is 2. The molecule has 180 valence electrons. The average Bonchev–Trinajstić information content (AvgIpc) is 3.22. The number of carbonyl (C=O) groups excluding carboxylic acids is 2. The van der Waals surface area contributed by atoms with Crippen LogP contribution in [-0.4, -0.2) is 46.2 Å². The molecule has 0 aliphatic heterocycles. The summed E-state index contributed by atoms with van der Waals surface area (Å²) in [5.41, 5.74) is 3.64. The molecule has 34 heavy (non-hydrogen) atoms. The summed E-state index contributed by atoms with van der Waals surface area (Å²) in [7, 11) is 0. The molecule has 0 aliphatic carbocycles. The predicted octanol–water partition coefficient (Wildman–Crippen LogP) is 4.48. The van der Waals surface area contributed by atoms with Gasteiger partial charge in [-0.05, 0) is 37.1 Å². The van der Waals surface area contributed by atoms with Crippen molar-refractivity contribution in [3.8, 4) is 5.69 Å². The van der Waals surface area contributed by atoms with Gasteiger partial charge in [-0.2, -0.15) is 5.10 Å². The van der Waals surface area contributed by atoms with Crippen LogP contribution in [0.25, 0.3) is 5.69 Å². The van der Waals surface area contributed by atoms with Gasteiger partial charge in [-0.25, -0.2) is 4.68 Å². The van der Waals surface area contributed by atoms with E-state index >= 15 is 0 Å². The van der Waals surface area contributed by atoms with Crippen LogP contribution in [0.3, 0.4) is 0 Å². The molecule has 2 amide bonds. The van der Waals surface area contributed by atoms with Gasteiger partial charge in [0.05, 0.1) is 24.5 Å². The highest BCUT2D eigenvalue weighted by Crippen LogP contribution is 2.26. The second-order valence-electron chi connectivity index (χ2n) is 9.35. The number of nitrogens with one attached hydrogen (secondary N) is 1. The Labute approximate surface area is 201 Å². The number of benzene rings is 2. The maximum atomic E-state index is 12.9. The number of anilines is 1. The van der Waals surface area contributed by atoms with Crippen molar-refractivity contribution in [1.29, 1.82) is 0 Å². The van der Waals surface area contributed by atoms with Gasteiger partial charge in [-0.1, -0.05) is 63.2 Å². The van der Waals surface area contributed by atoms with Crippen molar-refractivity contribution in [1.82, 2.24) is 14.7 Å². The minimum Gasteiger partial charge on any atom is -0.367 e. The first-order chi connectivity index (χ1) is 16.2. The maximum Gasteiger partial charge on any atom is 0.249 e. The first-order valence-electron chi connectivity index (χ1n) is 11.5. The molecule has 0 atom stereocenters. The quantitative estimate of drug-likeness (QED) is 0.509. The van der Waals surface area contributed by atoms with E-state index in [0.29, 0.717) is 19.0 Å². The molecule has 3 aromatic rings. The molecule has 0 unspecified atom stereocenters. The molecule has 0 saturated carbocycles. The van der Waals surface area contributed by atoms with E-state index in [4.69, 9.17) is 9.84 Å². The van der Waals surface area contributed by atoms with Gasteiger partial charge in [-0.15, -0.1) is 0 Å². The Morgan fingerprint density at radius 3 is 2.44 bits per heavy atom. The van der Waals surface area contributed by atoms with Crippen LogP contribution >= 0.6 is 0 Å². The Kier molecular flexibility index (Phi) is 8.23. The van der Waals surface area contributed by atoms with Crippen LogP contribution in [0.1, 0.15) is 44.5 Å². The predicted molar refractivity (Wildman–Crippen MR) is 134 cm³/mol. The lowest BCUT2D eigenvalue weighted by molar-refractivity contribution is -0.139. The normalized spacial score (nSPS) is 11.3. The van der Waals surface area contributed by atoms with Gasteiger partial charge in [0.1, 0.15) is 12.4 Å². The molecule has 0 radical (unpaired) electrons. The molecule has 0 bridgehead atoms. The lowest BCUT2D eigenvalue weighted by atomic mass is 9.92. The minimum atomic E-state index is -0.285. The number of rotatable bonds is 9. The molecule has 0 spiro atoms. The number of hydrogen-bond donors (Lipinski definition) is 1. The number of ether oxygens (including phenoxy) is 1. The molecule has 0 saturated heterocycles. The van der Waals surface area contributed by atoms with Crippen LogP contribution in [0.5, 0.6) is 0 Å². The molecule has 7 nitrogen and oxygen atoms in total. The Bertz CT molecular complexity index is 1120. The molecular formula is C27H34N4O3. The van der Waals surface area contributed by atoms with E-state index in [2.05, 4.69) is 26.1 Å². The minimum absolute atomic E-state index is 0.0616. The van der Waals surface area contributed by atoms with Gasteiger partial charge in [0.25, 0.3) is 0 Å². The monoisotopic (exact) mass is 462 g/mol. The van der Waals surface area contributed by atoms with E-state index < -0.39 is 0 Å². The Balaban J connectivity index is 1.67. The van der Waals surface area contributed by atoms with Crippen molar-refractivity contribution < 1.29 is 14.3 Å². The summed E-state index contributed by atoms with van der Waals surface area (Å²) in [6.45, 7) is 10.7. The second kappa shape index (κ2) is 11.1. The summed E-state index contributed by atoms with van der Waals surface area (Å²) in [6.07, 6.45) is 0. The van der Waals surface area contributed by atoms with Crippen molar-refractivity contribution in [3.63, 3.8) is 0 Å². The van der Waals surface area contributed by atoms with Gasteiger partial charge in [0, 0.05) is 18.0 Å².